The van der Waals surface area contributed by atoms with E-state index in [1.54, 1.807) is 0 Å². The molecule has 0 aliphatic heterocycles. The van der Waals surface area contributed by atoms with Crippen molar-refractivity contribution >= 4 is 7.60 Å². The van der Waals surface area contributed by atoms with Gasteiger partial charge >= 0.3 is 7.60 Å². The molecule has 1 rings (SSSR count). The van der Waals surface area contributed by atoms with Gasteiger partial charge in [-0.3, -0.25) is 9.55 Å². The lowest BCUT2D eigenvalue weighted by molar-refractivity contribution is 0.216. The Bertz CT molecular complexity index is 372. The van der Waals surface area contributed by atoms with E-state index in [4.69, 9.17) is 16.4 Å². The molecule has 14 heavy (non-hydrogen) atoms. The molecule has 3 N–H and O–H groups in total. The van der Waals surface area contributed by atoms with Gasteiger partial charge in [0.05, 0.1) is 5.31 Å². The van der Waals surface area contributed by atoms with Crippen LogP contribution in [-0.4, -0.2) is 19.9 Å². The molecule has 1 aromatic rings. The van der Waals surface area contributed by atoms with Gasteiger partial charge in [0.15, 0.2) is 0 Å². The monoisotopic (exact) mass is 214 g/mol. The molecular weight excluding hydrogens is 205 g/mol. The van der Waals surface area contributed by atoms with Crippen molar-refractivity contribution in [2.45, 2.75) is 6.10 Å². The first kappa shape index (κ1) is 11.1. The van der Waals surface area contributed by atoms with Gasteiger partial charge in [-0.1, -0.05) is 0 Å². The molecule has 0 amide bonds. The van der Waals surface area contributed by atoms with Crippen molar-refractivity contribution in [2.24, 2.45) is 0 Å². The SMILES string of the molecule is [CH]=C(C(O)c1ccncc1)P(=O)(O)O. The molecule has 75 valence electrons. The summed E-state index contributed by atoms with van der Waals surface area (Å²) in [5, 5.41) is 8.68. The third-order valence-electron chi connectivity index (χ3n) is 1.64. The second-order valence-electron chi connectivity index (χ2n) is 2.65. The maximum absolute atomic E-state index is 10.7. The van der Waals surface area contributed by atoms with Crippen LogP contribution in [0.25, 0.3) is 0 Å². The molecule has 0 aromatic carbocycles. The van der Waals surface area contributed by atoms with Crippen molar-refractivity contribution in [3.8, 4) is 0 Å². The minimum atomic E-state index is -4.55. The highest BCUT2D eigenvalue weighted by Gasteiger charge is 2.26. The van der Waals surface area contributed by atoms with Gasteiger partial charge in [-0.25, -0.2) is 0 Å². The van der Waals surface area contributed by atoms with Gasteiger partial charge in [0, 0.05) is 12.4 Å². The Balaban J connectivity index is 2.93. The fourth-order valence-electron chi connectivity index (χ4n) is 0.876. The molecule has 6 heteroatoms. The number of aliphatic hydroxyl groups is 1. The lowest BCUT2D eigenvalue weighted by atomic mass is 10.1. The molecule has 1 unspecified atom stereocenters. The van der Waals surface area contributed by atoms with Crippen LogP contribution in [0.3, 0.4) is 0 Å². The number of aromatic nitrogens is 1. The largest absolute Gasteiger partial charge is 0.383 e. The summed E-state index contributed by atoms with van der Waals surface area (Å²) < 4.78 is 10.7. The molecular formula is C8H9NO4P. The number of hydrogen-bond acceptors (Lipinski definition) is 3. The van der Waals surface area contributed by atoms with Crippen molar-refractivity contribution in [3.63, 3.8) is 0 Å². The smallest absolute Gasteiger partial charge is 0.355 e. The minimum absolute atomic E-state index is 0.292. The fraction of sp³-hybridized carbons (Fsp3) is 0.125. The summed E-state index contributed by atoms with van der Waals surface area (Å²) in [7, 11) is -4.55. The summed E-state index contributed by atoms with van der Waals surface area (Å²) >= 11 is 0. The Morgan fingerprint density at radius 3 is 2.36 bits per heavy atom. The Kier molecular flexibility index (Phi) is 3.18. The molecule has 1 radical (unpaired) electrons. The van der Waals surface area contributed by atoms with E-state index in [0.29, 0.717) is 5.56 Å². The molecule has 0 saturated carbocycles. The van der Waals surface area contributed by atoms with Crippen LogP contribution in [0, 0.1) is 6.58 Å². The first-order valence-electron chi connectivity index (χ1n) is 3.69. The van der Waals surface area contributed by atoms with E-state index in [2.05, 4.69) is 4.98 Å². The van der Waals surface area contributed by atoms with Crippen molar-refractivity contribution < 1.29 is 19.5 Å². The molecule has 0 bridgehead atoms. The van der Waals surface area contributed by atoms with E-state index < -0.39 is 19.0 Å². The van der Waals surface area contributed by atoms with Crippen LogP contribution in [-0.2, 0) is 4.57 Å². The van der Waals surface area contributed by atoms with Crippen LogP contribution in [0.2, 0.25) is 0 Å². The molecule has 1 atom stereocenters. The Labute approximate surface area is 80.9 Å². The van der Waals surface area contributed by atoms with E-state index in [-0.39, 0.29) is 0 Å². The third-order valence-corrected chi connectivity index (χ3v) is 2.56. The second kappa shape index (κ2) is 4.02. The first-order valence-corrected chi connectivity index (χ1v) is 5.30. The van der Waals surface area contributed by atoms with Crippen LogP contribution in [0.4, 0.5) is 0 Å². The zero-order valence-electron chi connectivity index (χ0n) is 7.11. The van der Waals surface area contributed by atoms with Gasteiger partial charge < -0.3 is 14.9 Å². The second-order valence-corrected chi connectivity index (χ2v) is 4.26. The maximum atomic E-state index is 10.7. The number of rotatable bonds is 3. The van der Waals surface area contributed by atoms with Crippen LogP contribution in [0.5, 0.6) is 0 Å². The zero-order valence-corrected chi connectivity index (χ0v) is 8.00. The summed E-state index contributed by atoms with van der Waals surface area (Å²) in [6, 6.07) is 2.85. The topological polar surface area (TPSA) is 90.7 Å². The predicted octanol–water partition coefficient (Wildman–Crippen LogP) is 0.610. The van der Waals surface area contributed by atoms with Crippen molar-refractivity contribution in [3.05, 3.63) is 42.0 Å². The van der Waals surface area contributed by atoms with Gasteiger partial charge in [0.1, 0.15) is 6.10 Å². The maximum Gasteiger partial charge on any atom is 0.355 e. The number of hydrogen-bond donors (Lipinski definition) is 3. The van der Waals surface area contributed by atoms with Crippen LogP contribution < -0.4 is 0 Å². The number of pyridine rings is 1. The highest BCUT2D eigenvalue weighted by Crippen LogP contribution is 2.49. The van der Waals surface area contributed by atoms with E-state index in [9.17, 15) is 9.67 Å². The molecule has 0 fully saturated rings. The van der Waals surface area contributed by atoms with E-state index >= 15 is 0 Å². The molecule has 0 saturated heterocycles. The van der Waals surface area contributed by atoms with Gasteiger partial charge in [-0.2, -0.15) is 0 Å². The fourth-order valence-corrected chi connectivity index (χ4v) is 1.34. The van der Waals surface area contributed by atoms with Gasteiger partial charge in [0.2, 0.25) is 0 Å². The van der Waals surface area contributed by atoms with Gasteiger partial charge in [-0.15, -0.1) is 0 Å². The van der Waals surface area contributed by atoms with E-state index in [1.165, 1.54) is 24.5 Å². The van der Waals surface area contributed by atoms with Crippen molar-refractivity contribution in [2.75, 3.05) is 0 Å². The summed E-state index contributed by atoms with van der Waals surface area (Å²) in [5.74, 6) is 0. The highest BCUT2D eigenvalue weighted by molar-refractivity contribution is 7.56. The lowest BCUT2D eigenvalue weighted by Crippen LogP contribution is -2.01. The molecule has 0 spiro atoms. The lowest BCUT2D eigenvalue weighted by Gasteiger charge is -2.14. The quantitative estimate of drug-likeness (QED) is 0.641. The highest BCUT2D eigenvalue weighted by atomic mass is 31.2. The van der Waals surface area contributed by atoms with E-state index in [0.717, 1.165) is 0 Å². The predicted molar refractivity (Wildman–Crippen MR) is 49.1 cm³/mol. The molecule has 5 nitrogen and oxygen atoms in total. The molecule has 0 aliphatic carbocycles. The van der Waals surface area contributed by atoms with Crippen molar-refractivity contribution in [1.82, 2.24) is 4.98 Å². The number of aliphatic hydroxyl groups excluding tert-OH is 1. The summed E-state index contributed by atoms with van der Waals surface area (Å²) in [6.07, 6.45) is 1.32. The first-order chi connectivity index (χ1) is 6.43. The summed E-state index contributed by atoms with van der Waals surface area (Å²) in [4.78, 5) is 21.1. The average Bonchev–Trinajstić information content (AvgIpc) is 2.15. The van der Waals surface area contributed by atoms with Gasteiger partial charge in [0.25, 0.3) is 0 Å². The third kappa shape index (κ3) is 2.49. The van der Waals surface area contributed by atoms with Crippen molar-refractivity contribution in [1.29, 1.82) is 0 Å². The zero-order chi connectivity index (χ0) is 10.8. The Hall–Kier alpha value is -1.00. The standard InChI is InChI=1S/C8H9NO4P/c1-6(14(11,12)13)8(10)7-2-4-9-5-3-7/h1-5,8,10H,(H2,11,12,13). The van der Waals surface area contributed by atoms with Crippen LogP contribution >= 0.6 is 7.60 Å². The number of nitrogens with zero attached hydrogens (tertiary/aromatic N) is 1. The normalized spacial score (nSPS) is 13.6. The van der Waals surface area contributed by atoms with E-state index in [1.807, 2.05) is 0 Å². The van der Waals surface area contributed by atoms with Gasteiger partial charge in [-0.05, 0) is 24.3 Å². The summed E-state index contributed by atoms with van der Waals surface area (Å²) in [5.41, 5.74) is 0.292. The molecule has 1 heterocycles. The minimum Gasteiger partial charge on any atom is -0.383 e. The summed E-state index contributed by atoms with van der Waals surface area (Å²) in [6.45, 7) is 5.11. The Morgan fingerprint density at radius 2 is 1.93 bits per heavy atom. The van der Waals surface area contributed by atoms with Crippen LogP contribution in [0.1, 0.15) is 11.7 Å². The average molecular weight is 214 g/mol. The molecule has 0 aliphatic rings. The van der Waals surface area contributed by atoms with Crippen LogP contribution in [0.15, 0.2) is 29.8 Å². The Morgan fingerprint density at radius 1 is 1.43 bits per heavy atom. The molecule has 1 aromatic heterocycles.